The molecule has 168 valence electrons. The maximum absolute atomic E-state index is 12.9. The molecule has 0 spiro atoms. The minimum atomic E-state index is -0.444. The summed E-state index contributed by atoms with van der Waals surface area (Å²) in [6.07, 6.45) is 0. The predicted octanol–water partition coefficient (Wildman–Crippen LogP) is 3.06. The van der Waals surface area contributed by atoms with E-state index in [0.717, 1.165) is 11.3 Å². The van der Waals surface area contributed by atoms with Gasteiger partial charge in [0.05, 0.1) is 19.0 Å². The van der Waals surface area contributed by atoms with Crippen molar-refractivity contribution in [3.05, 3.63) is 60.7 Å². The largest absolute Gasteiger partial charge is 0.465 e. The molecule has 0 N–H and O–H groups in total. The number of carbonyl (C=O) groups excluding carboxylic acids is 2. The fourth-order valence-corrected chi connectivity index (χ4v) is 3.88. The molecule has 0 unspecified atom stereocenters. The van der Waals surface area contributed by atoms with Crippen LogP contribution in [0, 0.1) is 0 Å². The number of hydrogen-bond donors (Lipinski definition) is 0. The summed E-state index contributed by atoms with van der Waals surface area (Å²) in [5.74, 6) is 0.141. The minimum absolute atomic E-state index is 0.100. The molecule has 3 rings (SSSR count). The summed E-state index contributed by atoms with van der Waals surface area (Å²) in [4.78, 5) is 26.2. The van der Waals surface area contributed by atoms with Crippen LogP contribution in [0.25, 0.3) is 17.1 Å². The number of amides is 1. The zero-order valence-corrected chi connectivity index (χ0v) is 19.0. The van der Waals surface area contributed by atoms with Crippen molar-refractivity contribution in [1.82, 2.24) is 19.7 Å². The Morgan fingerprint density at radius 3 is 2.38 bits per heavy atom. The third-order valence-electron chi connectivity index (χ3n) is 4.55. The van der Waals surface area contributed by atoms with Crippen LogP contribution in [-0.2, 0) is 19.1 Å². The first-order valence-electron chi connectivity index (χ1n) is 10.3. The highest BCUT2D eigenvalue weighted by atomic mass is 32.2. The van der Waals surface area contributed by atoms with E-state index in [1.165, 1.54) is 16.7 Å². The highest BCUT2D eigenvalue weighted by Crippen LogP contribution is 2.28. The number of thioether (sulfide) groups is 1. The van der Waals surface area contributed by atoms with E-state index in [0.29, 0.717) is 24.1 Å². The number of carbonyl (C=O) groups is 2. The topological polar surface area (TPSA) is 86.5 Å². The van der Waals surface area contributed by atoms with E-state index in [1.54, 1.807) is 14.0 Å². The Morgan fingerprint density at radius 1 is 1.03 bits per heavy atom. The van der Waals surface area contributed by atoms with Crippen LogP contribution < -0.4 is 0 Å². The van der Waals surface area contributed by atoms with E-state index in [4.69, 9.17) is 9.47 Å². The molecule has 0 atom stereocenters. The molecule has 0 radical (unpaired) electrons. The van der Waals surface area contributed by atoms with Gasteiger partial charge in [-0.2, -0.15) is 0 Å². The average molecular weight is 455 g/mol. The zero-order chi connectivity index (χ0) is 22.8. The van der Waals surface area contributed by atoms with Crippen molar-refractivity contribution in [2.24, 2.45) is 0 Å². The van der Waals surface area contributed by atoms with Crippen molar-refractivity contribution in [2.75, 3.05) is 39.2 Å². The second kappa shape index (κ2) is 12.0. The summed E-state index contributed by atoms with van der Waals surface area (Å²) < 4.78 is 12.0. The lowest BCUT2D eigenvalue weighted by Crippen LogP contribution is -2.39. The van der Waals surface area contributed by atoms with E-state index in [2.05, 4.69) is 10.2 Å². The quantitative estimate of drug-likeness (QED) is 0.325. The zero-order valence-electron chi connectivity index (χ0n) is 18.1. The van der Waals surface area contributed by atoms with E-state index in [9.17, 15) is 9.59 Å². The number of para-hydroxylation sites is 1. The molecular formula is C23H26N4O4S. The molecule has 1 aromatic heterocycles. The van der Waals surface area contributed by atoms with Gasteiger partial charge in [0, 0.05) is 24.9 Å². The summed E-state index contributed by atoms with van der Waals surface area (Å²) in [5, 5.41) is 9.31. The first-order chi connectivity index (χ1) is 15.6. The second-order valence-corrected chi connectivity index (χ2v) is 7.69. The SMILES string of the molecule is CCOC(=O)CN(CCOC)C(=O)CSc1nnc(-c2ccccc2)n1-c1ccccc1. The average Bonchev–Trinajstić information content (AvgIpc) is 3.25. The van der Waals surface area contributed by atoms with Gasteiger partial charge in [-0.15, -0.1) is 10.2 Å². The van der Waals surface area contributed by atoms with Crippen LogP contribution in [0.3, 0.4) is 0 Å². The number of hydrogen-bond acceptors (Lipinski definition) is 7. The van der Waals surface area contributed by atoms with Gasteiger partial charge in [-0.25, -0.2) is 0 Å². The number of benzene rings is 2. The van der Waals surface area contributed by atoms with E-state index >= 15 is 0 Å². The van der Waals surface area contributed by atoms with Gasteiger partial charge < -0.3 is 14.4 Å². The van der Waals surface area contributed by atoms with Crippen molar-refractivity contribution in [3.8, 4) is 17.1 Å². The molecule has 0 fully saturated rings. The molecule has 0 bridgehead atoms. The van der Waals surface area contributed by atoms with Crippen molar-refractivity contribution >= 4 is 23.6 Å². The smallest absolute Gasteiger partial charge is 0.325 e. The monoisotopic (exact) mass is 454 g/mol. The van der Waals surface area contributed by atoms with Gasteiger partial charge >= 0.3 is 5.97 Å². The summed E-state index contributed by atoms with van der Waals surface area (Å²) in [6, 6.07) is 19.5. The highest BCUT2D eigenvalue weighted by Gasteiger charge is 2.21. The Kier molecular flexibility index (Phi) is 8.82. The van der Waals surface area contributed by atoms with E-state index in [-0.39, 0.29) is 24.8 Å². The van der Waals surface area contributed by atoms with Crippen LogP contribution in [0.15, 0.2) is 65.8 Å². The summed E-state index contributed by atoms with van der Waals surface area (Å²) in [5.41, 5.74) is 1.82. The maximum Gasteiger partial charge on any atom is 0.325 e. The van der Waals surface area contributed by atoms with Crippen LogP contribution in [0.1, 0.15) is 6.92 Å². The second-order valence-electron chi connectivity index (χ2n) is 6.74. The third kappa shape index (κ3) is 6.18. The molecular weight excluding hydrogens is 428 g/mol. The molecule has 0 aliphatic carbocycles. The number of nitrogens with zero attached hydrogens (tertiary/aromatic N) is 4. The van der Waals surface area contributed by atoms with Gasteiger partial charge in [0.15, 0.2) is 11.0 Å². The van der Waals surface area contributed by atoms with Gasteiger partial charge in [-0.3, -0.25) is 14.2 Å². The minimum Gasteiger partial charge on any atom is -0.465 e. The maximum atomic E-state index is 12.9. The lowest BCUT2D eigenvalue weighted by Gasteiger charge is -2.21. The molecule has 2 aromatic carbocycles. The fourth-order valence-electron chi connectivity index (χ4n) is 3.02. The van der Waals surface area contributed by atoms with Gasteiger partial charge in [0.2, 0.25) is 5.91 Å². The van der Waals surface area contributed by atoms with Gasteiger partial charge in [-0.05, 0) is 19.1 Å². The lowest BCUT2D eigenvalue weighted by atomic mass is 10.2. The Hall–Kier alpha value is -3.17. The molecule has 0 saturated heterocycles. The first kappa shape index (κ1) is 23.5. The van der Waals surface area contributed by atoms with Crippen LogP contribution >= 0.6 is 11.8 Å². The molecule has 1 amide bonds. The van der Waals surface area contributed by atoms with Gasteiger partial charge in [0.1, 0.15) is 6.54 Å². The van der Waals surface area contributed by atoms with Crippen LogP contribution in [-0.4, -0.2) is 70.7 Å². The molecule has 0 aliphatic heterocycles. The number of ether oxygens (including phenoxy) is 2. The molecule has 0 aliphatic rings. The Balaban J connectivity index is 1.81. The van der Waals surface area contributed by atoms with Crippen molar-refractivity contribution in [2.45, 2.75) is 12.1 Å². The Bertz CT molecular complexity index is 1010. The summed E-state index contributed by atoms with van der Waals surface area (Å²) in [7, 11) is 1.55. The van der Waals surface area contributed by atoms with E-state index < -0.39 is 5.97 Å². The van der Waals surface area contributed by atoms with E-state index in [1.807, 2.05) is 65.2 Å². The van der Waals surface area contributed by atoms with Crippen molar-refractivity contribution in [3.63, 3.8) is 0 Å². The normalized spacial score (nSPS) is 10.7. The van der Waals surface area contributed by atoms with Crippen LogP contribution in [0.5, 0.6) is 0 Å². The van der Waals surface area contributed by atoms with Gasteiger partial charge in [-0.1, -0.05) is 60.3 Å². The molecule has 32 heavy (non-hydrogen) atoms. The Labute approximate surface area is 191 Å². The molecule has 0 saturated carbocycles. The van der Waals surface area contributed by atoms with Crippen molar-refractivity contribution in [1.29, 1.82) is 0 Å². The molecule has 8 nitrogen and oxygen atoms in total. The van der Waals surface area contributed by atoms with Gasteiger partial charge in [0.25, 0.3) is 0 Å². The third-order valence-corrected chi connectivity index (χ3v) is 5.46. The Morgan fingerprint density at radius 2 is 1.72 bits per heavy atom. The highest BCUT2D eigenvalue weighted by molar-refractivity contribution is 7.99. The summed E-state index contributed by atoms with van der Waals surface area (Å²) in [6.45, 7) is 2.51. The first-order valence-corrected chi connectivity index (χ1v) is 11.2. The number of aromatic nitrogens is 3. The standard InChI is InChI=1S/C23H26N4O4S/c1-3-31-21(29)16-26(14-15-30-2)20(28)17-32-23-25-24-22(18-10-6-4-7-11-18)27(23)19-12-8-5-9-13-19/h4-13H,3,14-17H2,1-2H3. The molecule has 1 heterocycles. The lowest BCUT2D eigenvalue weighted by molar-refractivity contribution is -0.148. The van der Waals surface area contributed by atoms with Crippen LogP contribution in [0.2, 0.25) is 0 Å². The number of rotatable bonds is 11. The summed E-state index contributed by atoms with van der Waals surface area (Å²) >= 11 is 1.27. The number of methoxy groups -OCH3 is 1. The molecule has 9 heteroatoms. The number of esters is 1. The van der Waals surface area contributed by atoms with Crippen molar-refractivity contribution < 1.29 is 19.1 Å². The molecule has 3 aromatic rings. The predicted molar refractivity (Wildman–Crippen MR) is 123 cm³/mol. The fraction of sp³-hybridized carbons (Fsp3) is 0.304. The van der Waals surface area contributed by atoms with Crippen LogP contribution in [0.4, 0.5) is 0 Å².